The van der Waals surface area contributed by atoms with Crippen LogP contribution in [0.1, 0.15) is 0 Å². The summed E-state index contributed by atoms with van der Waals surface area (Å²) in [5, 5.41) is 0. The van der Waals surface area contributed by atoms with Crippen LogP contribution >= 0.6 is 0 Å². The molecule has 5 nitrogen and oxygen atoms in total. The number of benzene rings is 1. The van der Waals surface area contributed by atoms with E-state index >= 15 is 0 Å². The van der Waals surface area contributed by atoms with Gasteiger partial charge >= 0.3 is 0 Å². The van der Waals surface area contributed by atoms with E-state index < -0.39 is 10.0 Å². The number of piperazine rings is 1. The summed E-state index contributed by atoms with van der Waals surface area (Å²) in [6, 6.07) is 7.76. The van der Waals surface area contributed by atoms with Gasteiger partial charge in [0.15, 0.2) is 0 Å². The Kier molecular flexibility index (Phi) is 3.68. The SMILES string of the molecule is C=Nc1ccccc1N1CCN(S(C)(=O)=O)CC1. The number of aliphatic imine (C=N–C) groups is 1. The maximum Gasteiger partial charge on any atom is 0.211 e. The first-order valence-electron chi connectivity index (χ1n) is 5.78. The third kappa shape index (κ3) is 2.70. The predicted octanol–water partition coefficient (Wildman–Crippen LogP) is 1.10. The summed E-state index contributed by atoms with van der Waals surface area (Å²) in [6.45, 7) is 5.95. The molecule has 6 heteroatoms. The molecule has 0 radical (unpaired) electrons. The molecule has 0 N–H and O–H groups in total. The average molecular weight is 267 g/mol. The number of anilines is 1. The lowest BCUT2D eigenvalue weighted by molar-refractivity contribution is 0.388. The van der Waals surface area contributed by atoms with Gasteiger partial charge in [0.05, 0.1) is 17.6 Å². The van der Waals surface area contributed by atoms with E-state index in [2.05, 4.69) is 16.6 Å². The summed E-state index contributed by atoms with van der Waals surface area (Å²) < 4.78 is 24.4. The summed E-state index contributed by atoms with van der Waals surface area (Å²) in [7, 11) is -3.08. The molecular formula is C12H17N3O2S. The monoisotopic (exact) mass is 267 g/mol. The smallest absolute Gasteiger partial charge is 0.211 e. The first-order chi connectivity index (χ1) is 8.52. The van der Waals surface area contributed by atoms with Crippen molar-refractivity contribution in [2.45, 2.75) is 0 Å². The minimum Gasteiger partial charge on any atom is -0.367 e. The molecule has 2 rings (SSSR count). The number of hydrogen-bond donors (Lipinski definition) is 0. The molecule has 1 aromatic carbocycles. The molecule has 98 valence electrons. The third-order valence-corrected chi connectivity index (χ3v) is 4.40. The van der Waals surface area contributed by atoms with Crippen LogP contribution in [0.25, 0.3) is 0 Å². The van der Waals surface area contributed by atoms with Crippen LogP contribution in [0, 0.1) is 0 Å². The van der Waals surface area contributed by atoms with Crippen LogP contribution in [-0.4, -0.2) is 51.9 Å². The van der Waals surface area contributed by atoms with Crippen molar-refractivity contribution in [2.75, 3.05) is 37.3 Å². The Morgan fingerprint density at radius 1 is 1.17 bits per heavy atom. The Balaban J connectivity index is 2.12. The Hall–Kier alpha value is -1.40. The van der Waals surface area contributed by atoms with Crippen molar-refractivity contribution in [3.05, 3.63) is 24.3 Å². The molecule has 0 amide bonds. The third-order valence-electron chi connectivity index (χ3n) is 3.10. The molecule has 1 saturated heterocycles. The van der Waals surface area contributed by atoms with E-state index in [0.717, 1.165) is 11.4 Å². The lowest BCUT2D eigenvalue weighted by Gasteiger charge is -2.35. The zero-order valence-corrected chi connectivity index (χ0v) is 11.2. The first-order valence-corrected chi connectivity index (χ1v) is 7.63. The van der Waals surface area contributed by atoms with E-state index in [-0.39, 0.29) is 0 Å². The maximum absolute atomic E-state index is 11.4. The van der Waals surface area contributed by atoms with Crippen LogP contribution in [-0.2, 0) is 10.0 Å². The second-order valence-electron chi connectivity index (χ2n) is 4.30. The number of nitrogens with zero attached hydrogens (tertiary/aromatic N) is 3. The predicted molar refractivity (Wildman–Crippen MR) is 74.3 cm³/mol. The van der Waals surface area contributed by atoms with E-state index in [1.807, 2.05) is 24.3 Å². The second kappa shape index (κ2) is 5.07. The van der Waals surface area contributed by atoms with Crippen molar-refractivity contribution in [2.24, 2.45) is 4.99 Å². The highest BCUT2D eigenvalue weighted by Gasteiger charge is 2.24. The van der Waals surface area contributed by atoms with E-state index in [4.69, 9.17) is 0 Å². The number of para-hydroxylation sites is 2. The lowest BCUT2D eigenvalue weighted by Crippen LogP contribution is -2.48. The number of hydrogen-bond acceptors (Lipinski definition) is 4. The zero-order valence-electron chi connectivity index (χ0n) is 10.4. The lowest BCUT2D eigenvalue weighted by atomic mass is 10.2. The molecule has 0 spiro atoms. The molecule has 0 bridgehead atoms. The fourth-order valence-corrected chi connectivity index (χ4v) is 2.95. The first kappa shape index (κ1) is 13.0. The second-order valence-corrected chi connectivity index (χ2v) is 6.28. The van der Waals surface area contributed by atoms with Gasteiger partial charge in [-0.15, -0.1) is 0 Å². The van der Waals surface area contributed by atoms with Crippen LogP contribution in [0.3, 0.4) is 0 Å². The van der Waals surface area contributed by atoms with Crippen LogP contribution < -0.4 is 4.90 Å². The standard InChI is InChI=1S/C12H17N3O2S/c1-13-11-5-3-4-6-12(11)14-7-9-15(10-8-14)18(2,16)17/h3-6H,1,7-10H2,2H3. The van der Waals surface area contributed by atoms with E-state index in [9.17, 15) is 8.42 Å². The van der Waals surface area contributed by atoms with Gasteiger partial charge in [0.2, 0.25) is 10.0 Å². The largest absolute Gasteiger partial charge is 0.367 e. The molecular weight excluding hydrogens is 250 g/mol. The summed E-state index contributed by atoms with van der Waals surface area (Å²) in [5.41, 5.74) is 1.85. The van der Waals surface area contributed by atoms with Crippen molar-refractivity contribution in [1.82, 2.24) is 4.31 Å². The topological polar surface area (TPSA) is 53.0 Å². The highest BCUT2D eigenvalue weighted by atomic mass is 32.2. The molecule has 18 heavy (non-hydrogen) atoms. The van der Waals surface area contributed by atoms with Gasteiger partial charge < -0.3 is 4.90 Å². The number of rotatable bonds is 3. The molecule has 1 fully saturated rings. The average Bonchev–Trinajstić information content (AvgIpc) is 2.38. The Morgan fingerprint density at radius 3 is 2.33 bits per heavy atom. The van der Waals surface area contributed by atoms with Gasteiger partial charge in [-0.2, -0.15) is 4.31 Å². The molecule has 1 aliphatic heterocycles. The van der Waals surface area contributed by atoms with Crippen molar-refractivity contribution in [3.63, 3.8) is 0 Å². The van der Waals surface area contributed by atoms with Gasteiger partial charge in [0.25, 0.3) is 0 Å². The Bertz CT molecular complexity index is 534. The van der Waals surface area contributed by atoms with Crippen molar-refractivity contribution in [3.8, 4) is 0 Å². The van der Waals surface area contributed by atoms with Gasteiger partial charge in [-0.3, -0.25) is 4.99 Å². The number of sulfonamides is 1. The normalized spacial score (nSPS) is 17.7. The summed E-state index contributed by atoms with van der Waals surface area (Å²) in [4.78, 5) is 6.13. The van der Waals surface area contributed by atoms with Crippen LogP contribution in [0.5, 0.6) is 0 Å². The summed E-state index contributed by atoms with van der Waals surface area (Å²) in [6.07, 6.45) is 1.25. The molecule has 1 aromatic rings. The van der Waals surface area contributed by atoms with Gasteiger partial charge in [-0.05, 0) is 18.9 Å². The molecule has 1 heterocycles. The Labute approximate surface area is 108 Å². The van der Waals surface area contributed by atoms with Gasteiger partial charge in [-0.1, -0.05) is 12.1 Å². The van der Waals surface area contributed by atoms with Gasteiger partial charge in [0.1, 0.15) is 0 Å². The highest BCUT2D eigenvalue weighted by Crippen LogP contribution is 2.28. The fourth-order valence-electron chi connectivity index (χ4n) is 2.13. The Morgan fingerprint density at radius 2 is 1.78 bits per heavy atom. The molecule has 0 unspecified atom stereocenters. The van der Waals surface area contributed by atoms with Crippen molar-refractivity contribution >= 4 is 28.1 Å². The molecule has 1 aliphatic rings. The quantitative estimate of drug-likeness (QED) is 0.771. The van der Waals surface area contributed by atoms with Crippen LogP contribution in [0.4, 0.5) is 11.4 Å². The fraction of sp³-hybridized carbons (Fsp3) is 0.417. The molecule has 0 aromatic heterocycles. The van der Waals surface area contributed by atoms with Gasteiger partial charge in [0, 0.05) is 26.2 Å². The van der Waals surface area contributed by atoms with E-state index in [1.54, 1.807) is 0 Å². The van der Waals surface area contributed by atoms with Gasteiger partial charge in [-0.25, -0.2) is 8.42 Å². The van der Waals surface area contributed by atoms with E-state index in [0.29, 0.717) is 26.2 Å². The molecule has 0 aliphatic carbocycles. The molecule has 0 atom stereocenters. The minimum absolute atomic E-state index is 0.518. The minimum atomic E-state index is -3.08. The highest BCUT2D eigenvalue weighted by molar-refractivity contribution is 7.88. The summed E-state index contributed by atoms with van der Waals surface area (Å²) in [5.74, 6) is 0. The van der Waals surface area contributed by atoms with Crippen molar-refractivity contribution < 1.29 is 8.42 Å². The van der Waals surface area contributed by atoms with Crippen molar-refractivity contribution in [1.29, 1.82) is 0 Å². The van der Waals surface area contributed by atoms with Crippen LogP contribution in [0.2, 0.25) is 0 Å². The summed E-state index contributed by atoms with van der Waals surface area (Å²) >= 11 is 0. The molecule has 0 saturated carbocycles. The zero-order chi connectivity index (χ0) is 13.2. The maximum atomic E-state index is 11.4. The van der Waals surface area contributed by atoms with E-state index in [1.165, 1.54) is 10.6 Å². The van der Waals surface area contributed by atoms with Crippen LogP contribution in [0.15, 0.2) is 29.3 Å².